The van der Waals surface area contributed by atoms with E-state index in [1.165, 1.54) is 0 Å². The summed E-state index contributed by atoms with van der Waals surface area (Å²) in [5.74, 6) is 1.24. The number of nitrogens with one attached hydrogen (secondary N) is 1. The topological polar surface area (TPSA) is 87.8 Å². The normalized spacial score (nSPS) is 17.4. The molecule has 1 aromatic heterocycles. The molecule has 0 bridgehead atoms. The molecule has 0 aliphatic carbocycles. The van der Waals surface area contributed by atoms with E-state index < -0.39 is 10.0 Å². The number of sulfonamides is 1. The summed E-state index contributed by atoms with van der Waals surface area (Å²) in [7, 11) is -3.41. The van der Waals surface area contributed by atoms with Gasteiger partial charge in [-0.15, -0.1) is 0 Å². The first kappa shape index (κ1) is 15.7. The van der Waals surface area contributed by atoms with E-state index in [9.17, 15) is 8.42 Å². The van der Waals surface area contributed by atoms with Crippen molar-refractivity contribution in [2.24, 2.45) is 5.92 Å². The van der Waals surface area contributed by atoms with E-state index in [1.807, 2.05) is 12.3 Å². The molecule has 7 heteroatoms. The molecule has 2 heterocycles. The maximum absolute atomic E-state index is 12.2. The molecule has 0 amide bonds. The first-order chi connectivity index (χ1) is 11.1. The van der Waals surface area contributed by atoms with Gasteiger partial charge in [0.15, 0.2) is 0 Å². The molecule has 0 unspecified atom stereocenters. The number of fused-ring (bicyclic) bond motifs is 1. The van der Waals surface area contributed by atoms with E-state index in [4.69, 9.17) is 5.26 Å². The van der Waals surface area contributed by atoms with Crippen molar-refractivity contribution in [2.45, 2.75) is 25.1 Å². The van der Waals surface area contributed by atoms with Gasteiger partial charge in [0, 0.05) is 31.9 Å². The Morgan fingerprint density at radius 2 is 2.30 bits per heavy atom. The van der Waals surface area contributed by atoms with Crippen LogP contribution in [0.25, 0.3) is 0 Å². The Hall–Kier alpha value is -2.17. The van der Waals surface area contributed by atoms with Crippen LogP contribution in [0.4, 0.5) is 0 Å². The summed E-state index contributed by atoms with van der Waals surface area (Å²) in [5.41, 5.74) is 1.09. The van der Waals surface area contributed by atoms with E-state index >= 15 is 0 Å². The minimum atomic E-state index is -3.41. The van der Waals surface area contributed by atoms with Crippen LogP contribution in [0.2, 0.25) is 0 Å². The lowest BCUT2D eigenvalue weighted by Gasteiger charge is -2.23. The standard InChI is InChI=1S/C16H18N4O2S/c17-9-13-2-1-3-14(8-13)12-23(21,22)19-10-15-4-5-16-18-6-7-20(16)11-15/h1-3,6-8,15,19H,4-5,10-12H2/t15-/m0/s1. The lowest BCUT2D eigenvalue weighted by atomic mass is 10.00. The number of nitrogens with zero attached hydrogens (tertiary/aromatic N) is 3. The summed E-state index contributed by atoms with van der Waals surface area (Å²) in [6.07, 6.45) is 5.53. The zero-order chi connectivity index (χ0) is 16.3. The predicted molar refractivity (Wildman–Crippen MR) is 85.8 cm³/mol. The zero-order valence-electron chi connectivity index (χ0n) is 12.6. The van der Waals surface area contributed by atoms with Gasteiger partial charge in [-0.2, -0.15) is 5.26 Å². The van der Waals surface area contributed by atoms with E-state index in [0.29, 0.717) is 17.7 Å². The number of imidazole rings is 1. The maximum Gasteiger partial charge on any atom is 0.215 e. The average molecular weight is 330 g/mol. The number of aromatic nitrogens is 2. The van der Waals surface area contributed by atoms with Crippen molar-refractivity contribution in [3.05, 3.63) is 53.6 Å². The first-order valence-electron chi connectivity index (χ1n) is 7.52. The van der Waals surface area contributed by atoms with Crippen LogP contribution < -0.4 is 4.72 Å². The molecule has 0 saturated heterocycles. The summed E-state index contributed by atoms with van der Waals surface area (Å²) >= 11 is 0. The Morgan fingerprint density at radius 3 is 3.13 bits per heavy atom. The molecule has 6 nitrogen and oxygen atoms in total. The Labute approximate surface area is 135 Å². The highest BCUT2D eigenvalue weighted by molar-refractivity contribution is 7.88. The van der Waals surface area contributed by atoms with Crippen LogP contribution >= 0.6 is 0 Å². The fourth-order valence-electron chi connectivity index (χ4n) is 2.85. The number of hydrogen-bond acceptors (Lipinski definition) is 4. The van der Waals surface area contributed by atoms with Crippen molar-refractivity contribution in [3.8, 4) is 6.07 Å². The molecule has 3 rings (SSSR count). The van der Waals surface area contributed by atoms with Gasteiger partial charge in [-0.05, 0) is 30.0 Å². The van der Waals surface area contributed by atoms with Crippen LogP contribution in [-0.2, 0) is 28.7 Å². The monoisotopic (exact) mass is 330 g/mol. The number of aryl methyl sites for hydroxylation is 1. The van der Waals surface area contributed by atoms with Gasteiger partial charge in [0.1, 0.15) is 5.82 Å². The van der Waals surface area contributed by atoms with Gasteiger partial charge in [-0.25, -0.2) is 18.1 Å². The Balaban J connectivity index is 1.58. The van der Waals surface area contributed by atoms with Crippen molar-refractivity contribution >= 4 is 10.0 Å². The molecule has 0 saturated carbocycles. The van der Waals surface area contributed by atoms with E-state index in [-0.39, 0.29) is 11.7 Å². The van der Waals surface area contributed by atoms with Crippen molar-refractivity contribution in [3.63, 3.8) is 0 Å². The predicted octanol–water partition coefficient (Wildman–Crippen LogP) is 1.44. The summed E-state index contributed by atoms with van der Waals surface area (Å²) in [6.45, 7) is 1.22. The third-order valence-corrected chi connectivity index (χ3v) is 5.36. The van der Waals surface area contributed by atoms with Gasteiger partial charge >= 0.3 is 0 Å². The second-order valence-corrected chi connectivity index (χ2v) is 7.63. The molecule has 0 spiro atoms. The highest BCUT2D eigenvalue weighted by Gasteiger charge is 2.21. The number of hydrogen-bond donors (Lipinski definition) is 1. The fraction of sp³-hybridized carbons (Fsp3) is 0.375. The molecule has 120 valence electrons. The van der Waals surface area contributed by atoms with Crippen molar-refractivity contribution in [1.29, 1.82) is 5.26 Å². The Morgan fingerprint density at radius 1 is 1.43 bits per heavy atom. The average Bonchev–Trinajstić information content (AvgIpc) is 3.00. The highest BCUT2D eigenvalue weighted by Crippen LogP contribution is 2.18. The smallest absolute Gasteiger partial charge is 0.215 e. The van der Waals surface area contributed by atoms with Gasteiger partial charge in [-0.3, -0.25) is 0 Å². The van der Waals surface area contributed by atoms with Gasteiger partial charge in [0.2, 0.25) is 10.0 Å². The van der Waals surface area contributed by atoms with Crippen LogP contribution in [0.1, 0.15) is 23.4 Å². The second kappa shape index (κ2) is 6.52. The van der Waals surface area contributed by atoms with E-state index in [2.05, 4.69) is 14.3 Å². The van der Waals surface area contributed by atoms with Gasteiger partial charge in [-0.1, -0.05) is 12.1 Å². The molecule has 2 aromatic rings. The van der Waals surface area contributed by atoms with Crippen molar-refractivity contribution in [2.75, 3.05) is 6.54 Å². The lowest BCUT2D eigenvalue weighted by Crippen LogP contribution is -2.34. The van der Waals surface area contributed by atoms with Gasteiger partial charge in [0.05, 0.1) is 17.4 Å². The number of rotatable bonds is 5. The SMILES string of the molecule is N#Cc1cccc(CS(=O)(=O)NC[C@@H]2CCc3nccn3C2)c1. The molecule has 1 aromatic carbocycles. The second-order valence-electron chi connectivity index (χ2n) is 5.82. The van der Waals surface area contributed by atoms with Crippen molar-refractivity contribution in [1.82, 2.24) is 14.3 Å². The Kier molecular flexibility index (Phi) is 4.46. The minimum absolute atomic E-state index is 0.106. The molecule has 23 heavy (non-hydrogen) atoms. The van der Waals surface area contributed by atoms with Crippen molar-refractivity contribution < 1.29 is 8.42 Å². The van der Waals surface area contributed by atoms with E-state index in [0.717, 1.165) is 25.2 Å². The number of benzene rings is 1. The van der Waals surface area contributed by atoms with Crippen LogP contribution in [0.3, 0.4) is 0 Å². The van der Waals surface area contributed by atoms with Crippen LogP contribution in [0.5, 0.6) is 0 Å². The maximum atomic E-state index is 12.2. The molecular weight excluding hydrogens is 312 g/mol. The largest absolute Gasteiger partial charge is 0.335 e. The third-order valence-electron chi connectivity index (χ3n) is 4.04. The molecule has 1 aliphatic rings. The van der Waals surface area contributed by atoms with Crippen LogP contribution in [0.15, 0.2) is 36.7 Å². The molecule has 1 aliphatic heterocycles. The zero-order valence-corrected chi connectivity index (χ0v) is 13.5. The fourth-order valence-corrected chi connectivity index (χ4v) is 4.06. The molecule has 1 N–H and O–H groups in total. The summed E-state index contributed by atoms with van der Waals surface area (Å²) in [6, 6.07) is 8.71. The minimum Gasteiger partial charge on any atom is -0.335 e. The highest BCUT2D eigenvalue weighted by atomic mass is 32.2. The Bertz CT molecular complexity index is 836. The van der Waals surface area contributed by atoms with E-state index in [1.54, 1.807) is 30.5 Å². The molecule has 0 fully saturated rings. The first-order valence-corrected chi connectivity index (χ1v) is 9.17. The third kappa shape index (κ3) is 3.97. The lowest BCUT2D eigenvalue weighted by molar-refractivity contribution is 0.363. The summed E-state index contributed by atoms with van der Waals surface area (Å²) in [5, 5.41) is 8.87. The van der Waals surface area contributed by atoms with Gasteiger partial charge in [0.25, 0.3) is 0 Å². The molecule has 1 atom stereocenters. The molecule has 0 radical (unpaired) electrons. The summed E-state index contributed by atoms with van der Waals surface area (Å²) in [4.78, 5) is 4.27. The quantitative estimate of drug-likeness (QED) is 0.898. The van der Waals surface area contributed by atoms with Crippen LogP contribution in [-0.4, -0.2) is 24.5 Å². The van der Waals surface area contributed by atoms with Crippen LogP contribution in [0, 0.1) is 17.2 Å². The van der Waals surface area contributed by atoms with Gasteiger partial charge < -0.3 is 4.57 Å². The summed E-state index contributed by atoms with van der Waals surface area (Å²) < 4.78 is 29.2. The number of nitriles is 1. The molecular formula is C16H18N4O2S.